The van der Waals surface area contributed by atoms with Gasteiger partial charge in [0.15, 0.2) is 6.10 Å². The summed E-state index contributed by atoms with van der Waals surface area (Å²) in [5.41, 5.74) is 0. The molecule has 1 rings (SSSR count). The van der Waals surface area contributed by atoms with Gasteiger partial charge in [0, 0.05) is 6.54 Å². The number of carbonyl (C=O) groups is 1. The minimum atomic E-state index is -0.578. The van der Waals surface area contributed by atoms with Crippen LogP contribution in [0.5, 0.6) is 0 Å². The van der Waals surface area contributed by atoms with E-state index in [2.05, 4.69) is 0 Å². The first kappa shape index (κ1) is 10.8. The predicted molar refractivity (Wildman–Crippen MR) is 45.4 cm³/mol. The fourth-order valence-corrected chi connectivity index (χ4v) is 1.12. The van der Waals surface area contributed by atoms with Gasteiger partial charge in [-0.05, 0) is 0 Å². The highest BCUT2D eigenvalue weighted by molar-refractivity contribution is 5.67. The number of aliphatic hydroxyl groups is 1. The van der Waals surface area contributed by atoms with E-state index in [1.165, 1.54) is 4.90 Å². The lowest BCUT2D eigenvalue weighted by Crippen LogP contribution is -2.45. The molecule has 0 saturated carbocycles. The summed E-state index contributed by atoms with van der Waals surface area (Å²) in [6.45, 7) is 0.765. The number of nitriles is 1. The van der Waals surface area contributed by atoms with E-state index in [0.717, 1.165) is 0 Å². The lowest BCUT2D eigenvalue weighted by atomic mass is 10.3. The molecule has 6 heteroatoms. The second kappa shape index (κ2) is 5.42. The van der Waals surface area contributed by atoms with Crippen molar-refractivity contribution in [1.82, 2.24) is 4.90 Å². The van der Waals surface area contributed by atoms with Gasteiger partial charge in [-0.15, -0.1) is 0 Å². The van der Waals surface area contributed by atoms with Crippen LogP contribution in [0.3, 0.4) is 0 Å². The minimum absolute atomic E-state index is 0.0204. The van der Waals surface area contributed by atoms with Crippen LogP contribution in [0.15, 0.2) is 0 Å². The molecule has 1 heterocycles. The monoisotopic (exact) mass is 200 g/mol. The highest BCUT2D eigenvalue weighted by atomic mass is 16.6. The first-order valence-electron chi connectivity index (χ1n) is 4.31. The molecule has 0 aromatic rings. The number of nitrogens with zero attached hydrogens (tertiary/aromatic N) is 2. The van der Waals surface area contributed by atoms with Crippen molar-refractivity contribution in [2.45, 2.75) is 6.10 Å². The average molecular weight is 200 g/mol. The topological polar surface area (TPSA) is 82.8 Å². The van der Waals surface area contributed by atoms with Crippen LogP contribution < -0.4 is 0 Å². The number of carbonyl (C=O) groups excluding carboxylic acids is 1. The lowest BCUT2D eigenvalue weighted by molar-refractivity contribution is -0.00436. The molecule has 1 amide bonds. The van der Waals surface area contributed by atoms with Crippen LogP contribution in [0.25, 0.3) is 0 Å². The normalized spacial score (nSPS) is 21.4. The number of hydrogen-bond acceptors (Lipinski definition) is 5. The summed E-state index contributed by atoms with van der Waals surface area (Å²) < 4.78 is 9.75. The van der Waals surface area contributed by atoms with Crippen LogP contribution in [0, 0.1) is 11.3 Å². The molecule has 0 aromatic heterocycles. The van der Waals surface area contributed by atoms with Gasteiger partial charge < -0.3 is 19.5 Å². The zero-order valence-electron chi connectivity index (χ0n) is 7.68. The van der Waals surface area contributed by atoms with Crippen LogP contribution >= 0.6 is 0 Å². The van der Waals surface area contributed by atoms with E-state index in [-0.39, 0.29) is 19.8 Å². The summed E-state index contributed by atoms with van der Waals surface area (Å²) in [7, 11) is 0. The van der Waals surface area contributed by atoms with Crippen molar-refractivity contribution in [3.63, 3.8) is 0 Å². The maximum Gasteiger partial charge on any atom is 0.410 e. The highest BCUT2D eigenvalue weighted by Crippen LogP contribution is 2.05. The van der Waals surface area contributed by atoms with Crippen LogP contribution in [0.2, 0.25) is 0 Å². The first-order valence-corrected chi connectivity index (χ1v) is 4.31. The highest BCUT2D eigenvalue weighted by Gasteiger charge is 2.24. The average Bonchev–Trinajstić information content (AvgIpc) is 2.26. The lowest BCUT2D eigenvalue weighted by Gasteiger charge is -2.28. The number of rotatable bonds is 2. The Bertz CT molecular complexity index is 238. The molecule has 1 N–H and O–H groups in total. The first-order chi connectivity index (χ1) is 6.77. The standard InChI is InChI=1S/C8H12N2O4/c9-5-7-6-10(1-3-13-7)8(12)14-4-2-11/h7,11H,1-4,6H2. The van der Waals surface area contributed by atoms with Crippen molar-refractivity contribution < 1.29 is 19.4 Å². The Kier molecular flexibility index (Phi) is 4.16. The maximum atomic E-state index is 11.2. The molecular weight excluding hydrogens is 188 g/mol. The van der Waals surface area contributed by atoms with Gasteiger partial charge in [0.2, 0.25) is 0 Å². The summed E-state index contributed by atoms with van der Waals surface area (Å²) in [4.78, 5) is 12.6. The number of aliphatic hydroxyl groups excluding tert-OH is 1. The SMILES string of the molecule is N#CC1CN(C(=O)OCCO)CCO1. The zero-order chi connectivity index (χ0) is 10.4. The molecule has 1 atom stereocenters. The second-order valence-electron chi connectivity index (χ2n) is 2.77. The van der Waals surface area contributed by atoms with E-state index < -0.39 is 12.2 Å². The van der Waals surface area contributed by atoms with Gasteiger partial charge in [0.05, 0.1) is 25.8 Å². The Labute approximate surface area is 81.6 Å². The van der Waals surface area contributed by atoms with Crippen LogP contribution in [-0.2, 0) is 9.47 Å². The van der Waals surface area contributed by atoms with E-state index >= 15 is 0 Å². The van der Waals surface area contributed by atoms with Gasteiger partial charge in [0.25, 0.3) is 0 Å². The summed E-state index contributed by atoms with van der Waals surface area (Å²) >= 11 is 0. The van der Waals surface area contributed by atoms with Crippen LogP contribution in [0.1, 0.15) is 0 Å². The summed E-state index contributed by atoms with van der Waals surface area (Å²) in [5.74, 6) is 0. The van der Waals surface area contributed by atoms with E-state index in [9.17, 15) is 4.79 Å². The molecule has 0 bridgehead atoms. The molecule has 1 aliphatic rings. The Morgan fingerprint density at radius 1 is 1.79 bits per heavy atom. The largest absolute Gasteiger partial charge is 0.447 e. The Balaban J connectivity index is 2.36. The minimum Gasteiger partial charge on any atom is -0.447 e. The molecule has 6 nitrogen and oxygen atoms in total. The van der Waals surface area contributed by atoms with Crippen LogP contribution in [-0.4, -0.2) is 55.1 Å². The number of amides is 1. The fraction of sp³-hybridized carbons (Fsp3) is 0.750. The Morgan fingerprint density at radius 3 is 3.21 bits per heavy atom. The van der Waals surface area contributed by atoms with E-state index in [1.54, 1.807) is 0 Å². The molecule has 0 spiro atoms. The van der Waals surface area contributed by atoms with Gasteiger partial charge >= 0.3 is 6.09 Å². The van der Waals surface area contributed by atoms with Gasteiger partial charge in [-0.3, -0.25) is 0 Å². The summed E-state index contributed by atoms with van der Waals surface area (Å²) in [6.07, 6.45) is -1.09. The van der Waals surface area contributed by atoms with E-state index in [0.29, 0.717) is 13.2 Å². The van der Waals surface area contributed by atoms with Crippen molar-refractivity contribution in [1.29, 1.82) is 5.26 Å². The Hall–Kier alpha value is -1.32. The summed E-state index contributed by atoms with van der Waals surface area (Å²) in [6, 6.07) is 1.92. The smallest absolute Gasteiger partial charge is 0.410 e. The van der Waals surface area contributed by atoms with Crippen molar-refractivity contribution in [3.05, 3.63) is 0 Å². The van der Waals surface area contributed by atoms with Crippen molar-refractivity contribution in [2.75, 3.05) is 32.9 Å². The van der Waals surface area contributed by atoms with Gasteiger partial charge in [0.1, 0.15) is 6.61 Å². The molecule has 1 unspecified atom stereocenters. The quantitative estimate of drug-likeness (QED) is 0.639. The summed E-state index contributed by atoms with van der Waals surface area (Å²) in [5, 5.41) is 17.0. The molecule has 78 valence electrons. The zero-order valence-corrected chi connectivity index (χ0v) is 7.68. The number of morpholine rings is 1. The van der Waals surface area contributed by atoms with Crippen molar-refractivity contribution in [2.24, 2.45) is 0 Å². The molecule has 14 heavy (non-hydrogen) atoms. The number of ether oxygens (including phenoxy) is 2. The van der Waals surface area contributed by atoms with E-state index in [4.69, 9.17) is 19.8 Å². The number of hydrogen-bond donors (Lipinski definition) is 1. The maximum absolute atomic E-state index is 11.2. The third kappa shape index (κ3) is 2.87. The van der Waals surface area contributed by atoms with Gasteiger partial charge in [-0.2, -0.15) is 5.26 Å². The fourth-order valence-electron chi connectivity index (χ4n) is 1.12. The van der Waals surface area contributed by atoms with Gasteiger partial charge in [-0.1, -0.05) is 0 Å². The Morgan fingerprint density at radius 2 is 2.57 bits per heavy atom. The third-order valence-electron chi connectivity index (χ3n) is 1.79. The molecule has 1 fully saturated rings. The van der Waals surface area contributed by atoms with Crippen LogP contribution in [0.4, 0.5) is 4.79 Å². The van der Waals surface area contributed by atoms with Gasteiger partial charge in [-0.25, -0.2) is 4.79 Å². The molecule has 0 aromatic carbocycles. The molecule has 0 aliphatic carbocycles. The third-order valence-corrected chi connectivity index (χ3v) is 1.79. The molecule has 1 saturated heterocycles. The van der Waals surface area contributed by atoms with Crippen molar-refractivity contribution in [3.8, 4) is 6.07 Å². The molecule has 0 radical (unpaired) electrons. The second-order valence-corrected chi connectivity index (χ2v) is 2.77. The molecular formula is C8H12N2O4. The molecule has 1 aliphatic heterocycles. The van der Waals surface area contributed by atoms with E-state index in [1.807, 2.05) is 6.07 Å². The van der Waals surface area contributed by atoms with Crippen molar-refractivity contribution >= 4 is 6.09 Å². The predicted octanol–water partition coefficient (Wildman–Crippen LogP) is -0.660.